The summed E-state index contributed by atoms with van der Waals surface area (Å²) in [6, 6.07) is 3.73. The van der Waals surface area contributed by atoms with Gasteiger partial charge in [0.25, 0.3) is 0 Å². The van der Waals surface area contributed by atoms with Crippen molar-refractivity contribution >= 4 is 11.5 Å². The number of nitrogens with two attached hydrogens (primary N) is 1. The lowest BCUT2D eigenvalue weighted by molar-refractivity contribution is 0.397. The average Bonchev–Trinajstić information content (AvgIpc) is 2.29. The van der Waals surface area contributed by atoms with E-state index in [1.807, 2.05) is 19.2 Å². The van der Waals surface area contributed by atoms with Crippen LogP contribution in [0.25, 0.3) is 0 Å². The van der Waals surface area contributed by atoms with Gasteiger partial charge in [-0.1, -0.05) is 0 Å². The Bertz CT molecular complexity index is 354. The SMILES string of the molecule is COc1nc(N(C)CCCN(C)C)ccc1N. The summed E-state index contributed by atoms with van der Waals surface area (Å²) in [7, 11) is 7.75. The largest absolute Gasteiger partial charge is 0.479 e. The van der Waals surface area contributed by atoms with Gasteiger partial charge in [0, 0.05) is 13.6 Å². The molecule has 0 aromatic carbocycles. The number of nitrogen functional groups attached to an aromatic ring is 1. The van der Waals surface area contributed by atoms with E-state index in [4.69, 9.17) is 10.5 Å². The van der Waals surface area contributed by atoms with Crippen molar-refractivity contribution in [1.29, 1.82) is 0 Å². The molecule has 0 saturated carbocycles. The van der Waals surface area contributed by atoms with Crippen LogP contribution in [0.2, 0.25) is 0 Å². The molecule has 96 valence electrons. The molecule has 1 rings (SSSR count). The first-order valence-corrected chi connectivity index (χ1v) is 5.71. The predicted molar refractivity (Wildman–Crippen MR) is 71.6 cm³/mol. The molecule has 0 aliphatic rings. The molecule has 17 heavy (non-hydrogen) atoms. The van der Waals surface area contributed by atoms with Gasteiger partial charge in [0.05, 0.1) is 12.8 Å². The molecule has 0 unspecified atom stereocenters. The van der Waals surface area contributed by atoms with Crippen molar-refractivity contribution in [2.75, 3.05) is 52.0 Å². The summed E-state index contributed by atoms with van der Waals surface area (Å²) in [6.45, 7) is 2.02. The van der Waals surface area contributed by atoms with Crippen LogP contribution in [0.1, 0.15) is 6.42 Å². The number of hydrogen-bond donors (Lipinski definition) is 1. The zero-order valence-electron chi connectivity index (χ0n) is 11.1. The zero-order valence-corrected chi connectivity index (χ0v) is 11.1. The summed E-state index contributed by atoms with van der Waals surface area (Å²) >= 11 is 0. The third-order valence-corrected chi connectivity index (χ3v) is 2.56. The van der Waals surface area contributed by atoms with Gasteiger partial charge in [-0.25, -0.2) is 0 Å². The molecular formula is C12H22N4O. The Kier molecular flexibility index (Phi) is 5.03. The summed E-state index contributed by atoms with van der Waals surface area (Å²) in [5.41, 5.74) is 6.29. The van der Waals surface area contributed by atoms with Gasteiger partial charge in [0.15, 0.2) is 0 Å². The van der Waals surface area contributed by atoms with Crippen LogP contribution in [0.15, 0.2) is 12.1 Å². The molecular weight excluding hydrogens is 216 g/mol. The van der Waals surface area contributed by atoms with Gasteiger partial charge in [-0.2, -0.15) is 4.98 Å². The summed E-state index contributed by atoms with van der Waals surface area (Å²) in [4.78, 5) is 8.63. The molecule has 0 amide bonds. The van der Waals surface area contributed by atoms with Crippen LogP contribution < -0.4 is 15.4 Å². The maximum Gasteiger partial charge on any atom is 0.238 e. The number of rotatable bonds is 6. The van der Waals surface area contributed by atoms with Gasteiger partial charge in [-0.05, 0) is 39.2 Å². The lowest BCUT2D eigenvalue weighted by Crippen LogP contribution is -2.24. The molecule has 0 aliphatic heterocycles. The second-order valence-electron chi connectivity index (χ2n) is 4.35. The summed E-state index contributed by atoms with van der Waals surface area (Å²) in [6.07, 6.45) is 1.10. The molecule has 1 aromatic heterocycles. The highest BCUT2D eigenvalue weighted by Gasteiger charge is 2.06. The Balaban J connectivity index is 2.59. The van der Waals surface area contributed by atoms with Crippen molar-refractivity contribution in [2.45, 2.75) is 6.42 Å². The maximum atomic E-state index is 5.73. The van der Waals surface area contributed by atoms with Crippen molar-refractivity contribution in [3.63, 3.8) is 0 Å². The highest BCUT2D eigenvalue weighted by molar-refractivity contribution is 5.54. The minimum atomic E-state index is 0.488. The third-order valence-electron chi connectivity index (χ3n) is 2.56. The average molecular weight is 238 g/mol. The number of ether oxygens (including phenoxy) is 1. The van der Waals surface area contributed by atoms with E-state index in [0.717, 1.165) is 25.3 Å². The molecule has 5 nitrogen and oxygen atoms in total. The van der Waals surface area contributed by atoms with Crippen molar-refractivity contribution in [1.82, 2.24) is 9.88 Å². The molecule has 0 atom stereocenters. The first-order valence-electron chi connectivity index (χ1n) is 5.71. The van der Waals surface area contributed by atoms with Crippen molar-refractivity contribution < 1.29 is 4.74 Å². The molecule has 0 bridgehead atoms. The molecule has 0 aliphatic carbocycles. The van der Waals surface area contributed by atoms with E-state index in [1.165, 1.54) is 0 Å². The van der Waals surface area contributed by atoms with Crippen LogP contribution >= 0.6 is 0 Å². The molecule has 0 radical (unpaired) electrons. The van der Waals surface area contributed by atoms with E-state index >= 15 is 0 Å². The van der Waals surface area contributed by atoms with Gasteiger partial charge in [-0.3, -0.25) is 0 Å². The predicted octanol–water partition coefficient (Wildman–Crippen LogP) is 1.06. The summed E-state index contributed by atoms with van der Waals surface area (Å²) < 4.78 is 5.11. The highest BCUT2D eigenvalue weighted by Crippen LogP contribution is 2.21. The van der Waals surface area contributed by atoms with E-state index in [-0.39, 0.29) is 0 Å². The topological polar surface area (TPSA) is 54.6 Å². The fourth-order valence-corrected chi connectivity index (χ4v) is 1.56. The van der Waals surface area contributed by atoms with Crippen LogP contribution in [-0.2, 0) is 0 Å². The smallest absolute Gasteiger partial charge is 0.238 e. The van der Waals surface area contributed by atoms with Crippen LogP contribution in [0.5, 0.6) is 5.88 Å². The Labute approximate surface area is 103 Å². The number of methoxy groups -OCH3 is 1. The minimum Gasteiger partial charge on any atom is -0.479 e. The second kappa shape index (κ2) is 6.30. The highest BCUT2D eigenvalue weighted by atomic mass is 16.5. The number of anilines is 2. The van der Waals surface area contributed by atoms with E-state index in [2.05, 4.69) is 28.9 Å². The molecule has 5 heteroatoms. The van der Waals surface area contributed by atoms with Crippen molar-refractivity contribution in [3.05, 3.63) is 12.1 Å². The summed E-state index contributed by atoms with van der Waals surface area (Å²) in [5.74, 6) is 1.37. The van der Waals surface area contributed by atoms with Crippen LogP contribution in [-0.4, -0.2) is 51.2 Å². The second-order valence-corrected chi connectivity index (χ2v) is 4.35. The normalized spacial score (nSPS) is 10.6. The fourth-order valence-electron chi connectivity index (χ4n) is 1.56. The Morgan fingerprint density at radius 3 is 2.53 bits per heavy atom. The van der Waals surface area contributed by atoms with Crippen LogP contribution in [0.3, 0.4) is 0 Å². The Morgan fingerprint density at radius 1 is 1.24 bits per heavy atom. The minimum absolute atomic E-state index is 0.488. The van der Waals surface area contributed by atoms with E-state index in [9.17, 15) is 0 Å². The van der Waals surface area contributed by atoms with Gasteiger partial charge >= 0.3 is 0 Å². The van der Waals surface area contributed by atoms with Crippen LogP contribution in [0.4, 0.5) is 11.5 Å². The van der Waals surface area contributed by atoms with Gasteiger partial charge in [0.2, 0.25) is 5.88 Å². The van der Waals surface area contributed by atoms with Crippen molar-refractivity contribution in [3.8, 4) is 5.88 Å². The van der Waals surface area contributed by atoms with Gasteiger partial charge < -0.3 is 20.3 Å². The Morgan fingerprint density at radius 2 is 1.94 bits per heavy atom. The van der Waals surface area contributed by atoms with Gasteiger partial charge in [-0.15, -0.1) is 0 Å². The quantitative estimate of drug-likeness (QED) is 0.803. The first kappa shape index (κ1) is 13.6. The molecule has 0 saturated heterocycles. The number of pyridine rings is 1. The lowest BCUT2D eigenvalue weighted by atomic mass is 10.3. The fraction of sp³-hybridized carbons (Fsp3) is 0.583. The monoisotopic (exact) mass is 238 g/mol. The van der Waals surface area contributed by atoms with E-state index < -0.39 is 0 Å². The number of nitrogens with zero attached hydrogens (tertiary/aromatic N) is 3. The Hall–Kier alpha value is -1.49. The maximum absolute atomic E-state index is 5.73. The van der Waals surface area contributed by atoms with Crippen molar-refractivity contribution in [2.24, 2.45) is 0 Å². The van der Waals surface area contributed by atoms with E-state index in [1.54, 1.807) is 7.11 Å². The first-order chi connectivity index (χ1) is 8.04. The lowest BCUT2D eigenvalue weighted by Gasteiger charge is -2.20. The zero-order chi connectivity index (χ0) is 12.8. The number of aromatic nitrogens is 1. The summed E-state index contributed by atoms with van der Waals surface area (Å²) in [5, 5.41) is 0. The molecule has 2 N–H and O–H groups in total. The standard InChI is InChI=1S/C12H22N4O/c1-15(2)8-5-9-16(3)11-7-6-10(13)12(14-11)17-4/h6-7H,5,8-9,13H2,1-4H3. The van der Waals surface area contributed by atoms with Gasteiger partial charge in [0.1, 0.15) is 5.82 Å². The van der Waals surface area contributed by atoms with Crippen LogP contribution in [0, 0.1) is 0 Å². The molecule has 0 spiro atoms. The molecule has 1 aromatic rings. The molecule has 1 heterocycles. The molecule has 0 fully saturated rings. The van der Waals surface area contributed by atoms with E-state index in [0.29, 0.717) is 11.6 Å². The third kappa shape index (κ3) is 4.11. The number of hydrogen-bond acceptors (Lipinski definition) is 5.